The van der Waals surface area contributed by atoms with Crippen LogP contribution in [0.3, 0.4) is 0 Å². The van der Waals surface area contributed by atoms with E-state index in [1.807, 2.05) is 0 Å². The Kier molecular flexibility index (Phi) is 3.95. The van der Waals surface area contributed by atoms with Gasteiger partial charge in [-0.2, -0.15) is 0 Å². The maximum atomic E-state index is 5.62. The maximum absolute atomic E-state index is 5.62. The lowest BCUT2D eigenvalue weighted by atomic mass is 10.2. The molecule has 1 saturated heterocycles. The molecule has 0 amide bonds. The summed E-state index contributed by atoms with van der Waals surface area (Å²) >= 11 is 2.36. The summed E-state index contributed by atoms with van der Waals surface area (Å²) in [7, 11) is 1.72. The lowest BCUT2D eigenvalue weighted by Crippen LogP contribution is -2.16. The molecule has 2 atom stereocenters. The molecule has 1 fully saturated rings. The number of hydrogen-bond acceptors (Lipinski definition) is 2. The van der Waals surface area contributed by atoms with Crippen LogP contribution in [0.15, 0.2) is 0 Å². The fourth-order valence-corrected chi connectivity index (χ4v) is 1.85. The lowest BCUT2D eigenvalue weighted by Gasteiger charge is -2.09. The van der Waals surface area contributed by atoms with Crippen molar-refractivity contribution in [1.29, 1.82) is 0 Å². The van der Waals surface area contributed by atoms with Crippen LogP contribution in [-0.2, 0) is 9.47 Å². The van der Waals surface area contributed by atoms with Crippen LogP contribution in [0.25, 0.3) is 0 Å². The second-order valence-corrected chi connectivity index (χ2v) is 3.45. The summed E-state index contributed by atoms with van der Waals surface area (Å²) < 4.78 is 11.7. The molecule has 0 aromatic heterocycles. The highest BCUT2D eigenvalue weighted by molar-refractivity contribution is 14.1. The Morgan fingerprint density at radius 3 is 2.70 bits per heavy atom. The summed E-state index contributed by atoms with van der Waals surface area (Å²) in [5.74, 6) is 0. The molecule has 0 aliphatic carbocycles. The van der Waals surface area contributed by atoms with Gasteiger partial charge in [-0.25, -0.2) is 0 Å². The molecular formula is C7H13IO2. The zero-order chi connectivity index (χ0) is 7.40. The minimum Gasteiger partial charge on any atom is -0.382 e. The summed E-state index contributed by atoms with van der Waals surface area (Å²) in [6.45, 7) is 0.757. The highest BCUT2D eigenvalue weighted by atomic mass is 127. The van der Waals surface area contributed by atoms with Crippen molar-refractivity contribution in [1.82, 2.24) is 0 Å². The maximum Gasteiger partial charge on any atom is 0.0813 e. The summed E-state index contributed by atoms with van der Waals surface area (Å²) in [6.07, 6.45) is 3.23. The molecule has 0 bridgehead atoms. The van der Waals surface area contributed by atoms with Gasteiger partial charge in [0.1, 0.15) is 0 Å². The van der Waals surface area contributed by atoms with Gasteiger partial charge in [-0.05, 0) is 12.8 Å². The first-order chi connectivity index (χ1) is 4.86. The van der Waals surface area contributed by atoms with Gasteiger partial charge in [0, 0.05) is 11.5 Å². The van der Waals surface area contributed by atoms with E-state index in [0.717, 1.165) is 11.0 Å². The molecule has 1 heterocycles. The van der Waals surface area contributed by atoms with E-state index in [1.54, 1.807) is 7.11 Å². The van der Waals surface area contributed by atoms with E-state index >= 15 is 0 Å². The van der Waals surface area contributed by atoms with Gasteiger partial charge in [-0.15, -0.1) is 0 Å². The molecule has 0 spiro atoms. The van der Waals surface area contributed by atoms with E-state index in [-0.39, 0.29) is 0 Å². The van der Waals surface area contributed by atoms with Crippen LogP contribution in [0.2, 0.25) is 0 Å². The van der Waals surface area contributed by atoms with E-state index in [1.165, 1.54) is 12.8 Å². The molecule has 1 aliphatic heterocycles. The standard InChI is InChI=1S/C7H13IO2/c1-9-5-7-3-2-6(4-8)10-7/h6-7H,2-5H2,1H3. The van der Waals surface area contributed by atoms with Crippen LogP contribution >= 0.6 is 22.6 Å². The molecule has 0 saturated carbocycles. The van der Waals surface area contributed by atoms with Gasteiger partial charge in [-0.3, -0.25) is 0 Å². The number of hydrogen-bond donors (Lipinski definition) is 0. The average Bonchev–Trinajstić information content (AvgIpc) is 2.37. The molecule has 0 radical (unpaired) electrons. The number of methoxy groups -OCH3 is 1. The number of rotatable bonds is 3. The molecule has 0 N–H and O–H groups in total. The van der Waals surface area contributed by atoms with Gasteiger partial charge in [0.05, 0.1) is 18.8 Å². The van der Waals surface area contributed by atoms with Crippen LogP contribution in [0.4, 0.5) is 0 Å². The second kappa shape index (κ2) is 4.51. The summed E-state index contributed by atoms with van der Waals surface area (Å²) in [4.78, 5) is 0. The van der Waals surface area contributed by atoms with Gasteiger partial charge < -0.3 is 9.47 Å². The second-order valence-electron chi connectivity index (χ2n) is 2.57. The van der Waals surface area contributed by atoms with Gasteiger partial charge in [0.15, 0.2) is 0 Å². The third-order valence-electron chi connectivity index (χ3n) is 1.72. The molecule has 0 aromatic rings. The molecule has 2 nitrogen and oxygen atoms in total. The van der Waals surface area contributed by atoms with Crippen molar-refractivity contribution < 1.29 is 9.47 Å². The Morgan fingerprint density at radius 2 is 2.20 bits per heavy atom. The minimum absolute atomic E-state index is 0.366. The zero-order valence-corrected chi connectivity index (χ0v) is 8.34. The number of halogens is 1. The van der Waals surface area contributed by atoms with Crippen molar-refractivity contribution in [3.63, 3.8) is 0 Å². The van der Waals surface area contributed by atoms with Crippen molar-refractivity contribution in [2.75, 3.05) is 18.1 Å². The molecular weight excluding hydrogens is 243 g/mol. The highest BCUT2D eigenvalue weighted by Gasteiger charge is 2.23. The SMILES string of the molecule is COCC1CCC(CI)O1. The van der Waals surface area contributed by atoms with Gasteiger partial charge in [0.2, 0.25) is 0 Å². The van der Waals surface area contributed by atoms with Crippen molar-refractivity contribution in [2.24, 2.45) is 0 Å². The predicted molar refractivity (Wildman–Crippen MR) is 48.7 cm³/mol. The predicted octanol–water partition coefficient (Wildman–Crippen LogP) is 1.62. The average molecular weight is 256 g/mol. The zero-order valence-electron chi connectivity index (χ0n) is 6.18. The molecule has 0 aromatic carbocycles. The van der Waals surface area contributed by atoms with Crippen LogP contribution in [0, 0.1) is 0 Å². The van der Waals surface area contributed by atoms with Gasteiger partial charge in [0.25, 0.3) is 0 Å². The molecule has 3 heteroatoms. The Hall–Kier alpha value is 0.650. The Morgan fingerprint density at radius 1 is 1.50 bits per heavy atom. The van der Waals surface area contributed by atoms with E-state index in [9.17, 15) is 0 Å². The van der Waals surface area contributed by atoms with E-state index in [2.05, 4.69) is 22.6 Å². The molecule has 1 rings (SSSR count). The molecule has 1 aliphatic rings. The third kappa shape index (κ3) is 2.36. The van der Waals surface area contributed by atoms with Crippen molar-refractivity contribution >= 4 is 22.6 Å². The van der Waals surface area contributed by atoms with Crippen molar-refractivity contribution in [3.05, 3.63) is 0 Å². The Bertz CT molecular complexity index is 97.6. The monoisotopic (exact) mass is 256 g/mol. The van der Waals surface area contributed by atoms with Crippen LogP contribution < -0.4 is 0 Å². The Balaban J connectivity index is 2.15. The first kappa shape index (κ1) is 8.74. The fraction of sp³-hybridized carbons (Fsp3) is 1.00. The highest BCUT2D eigenvalue weighted by Crippen LogP contribution is 2.20. The normalized spacial score (nSPS) is 33.0. The van der Waals surface area contributed by atoms with Crippen LogP contribution in [0.1, 0.15) is 12.8 Å². The third-order valence-corrected chi connectivity index (χ3v) is 2.70. The van der Waals surface area contributed by atoms with Crippen molar-refractivity contribution in [2.45, 2.75) is 25.0 Å². The van der Waals surface area contributed by atoms with Gasteiger partial charge >= 0.3 is 0 Å². The van der Waals surface area contributed by atoms with E-state index in [0.29, 0.717) is 12.2 Å². The summed E-state index contributed by atoms with van der Waals surface area (Å²) in [5, 5.41) is 0. The lowest BCUT2D eigenvalue weighted by molar-refractivity contribution is 0.00812. The minimum atomic E-state index is 0.366. The molecule has 10 heavy (non-hydrogen) atoms. The fourth-order valence-electron chi connectivity index (χ4n) is 1.20. The summed E-state index contributed by atoms with van der Waals surface area (Å²) in [5.41, 5.74) is 0. The van der Waals surface area contributed by atoms with Crippen molar-refractivity contribution in [3.8, 4) is 0 Å². The number of alkyl halides is 1. The largest absolute Gasteiger partial charge is 0.382 e. The van der Waals surface area contributed by atoms with Crippen LogP contribution in [0.5, 0.6) is 0 Å². The van der Waals surface area contributed by atoms with Gasteiger partial charge in [-0.1, -0.05) is 22.6 Å². The first-order valence-electron chi connectivity index (χ1n) is 3.57. The summed E-state index contributed by atoms with van der Waals surface area (Å²) in [6, 6.07) is 0. The van der Waals surface area contributed by atoms with E-state index < -0.39 is 0 Å². The first-order valence-corrected chi connectivity index (χ1v) is 5.09. The smallest absolute Gasteiger partial charge is 0.0813 e. The number of ether oxygens (including phenoxy) is 2. The molecule has 60 valence electrons. The van der Waals surface area contributed by atoms with Crippen LogP contribution in [-0.4, -0.2) is 30.4 Å². The van der Waals surface area contributed by atoms with E-state index in [4.69, 9.17) is 9.47 Å². The topological polar surface area (TPSA) is 18.5 Å². The quantitative estimate of drug-likeness (QED) is 0.564. The Labute approximate surface area is 75.4 Å². The molecule has 2 unspecified atom stereocenters.